The highest BCUT2D eigenvalue weighted by Gasteiger charge is 2.08. The molecule has 0 atom stereocenters. The van der Waals surface area contributed by atoms with Crippen LogP contribution < -0.4 is 5.32 Å². The molecular weight excluding hydrogens is 280 g/mol. The normalized spacial score (nSPS) is 10.7. The molecule has 106 valence electrons. The Bertz CT molecular complexity index is 731. The maximum absolute atomic E-state index is 4.68. The van der Waals surface area contributed by atoms with Gasteiger partial charge in [-0.3, -0.25) is 4.98 Å². The summed E-state index contributed by atoms with van der Waals surface area (Å²) >= 11 is 1.81. The van der Waals surface area contributed by atoms with Gasteiger partial charge in [0.15, 0.2) is 5.82 Å². The van der Waals surface area contributed by atoms with Gasteiger partial charge in [-0.2, -0.15) is 11.8 Å². The lowest BCUT2D eigenvalue weighted by Gasteiger charge is -2.10. The number of thioether (sulfide) groups is 1. The molecule has 0 aliphatic heterocycles. The van der Waals surface area contributed by atoms with Crippen molar-refractivity contribution < 1.29 is 0 Å². The largest absolute Gasteiger partial charge is 0.369 e. The van der Waals surface area contributed by atoms with Crippen LogP contribution in [0.5, 0.6) is 0 Å². The number of benzene rings is 1. The Morgan fingerprint density at radius 1 is 1.05 bits per heavy atom. The van der Waals surface area contributed by atoms with E-state index in [1.165, 1.54) is 0 Å². The van der Waals surface area contributed by atoms with Crippen molar-refractivity contribution in [3.05, 3.63) is 48.8 Å². The summed E-state index contributed by atoms with van der Waals surface area (Å²) < 4.78 is 0. The highest BCUT2D eigenvalue weighted by molar-refractivity contribution is 7.98. The molecule has 5 heteroatoms. The van der Waals surface area contributed by atoms with E-state index in [4.69, 9.17) is 0 Å². The minimum Gasteiger partial charge on any atom is -0.369 e. The van der Waals surface area contributed by atoms with Crippen LogP contribution in [0, 0.1) is 0 Å². The molecule has 2 aromatic heterocycles. The van der Waals surface area contributed by atoms with Crippen LogP contribution in [0.4, 0.5) is 5.82 Å². The number of rotatable bonds is 5. The van der Waals surface area contributed by atoms with Gasteiger partial charge in [-0.25, -0.2) is 9.97 Å². The summed E-state index contributed by atoms with van der Waals surface area (Å²) in [7, 11) is 0. The first kappa shape index (κ1) is 13.8. The Morgan fingerprint density at radius 2 is 1.86 bits per heavy atom. The molecule has 1 aromatic carbocycles. The second-order valence-corrected chi connectivity index (χ2v) is 5.55. The number of nitrogens with one attached hydrogen (secondary N) is 1. The van der Waals surface area contributed by atoms with E-state index >= 15 is 0 Å². The van der Waals surface area contributed by atoms with E-state index in [1.54, 1.807) is 12.4 Å². The van der Waals surface area contributed by atoms with Crippen LogP contribution in [0.25, 0.3) is 22.3 Å². The summed E-state index contributed by atoms with van der Waals surface area (Å²) in [6.45, 7) is 0.887. The SMILES string of the molecule is CSCCNc1nc(-c2ccncc2)nc2ccccc12. The fourth-order valence-electron chi connectivity index (χ4n) is 2.11. The number of hydrogen-bond acceptors (Lipinski definition) is 5. The van der Waals surface area contributed by atoms with E-state index in [-0.39, 0.29) is 0 Å². The molecule has 0 radical (unpaired) electrons. The van der Waals surface area contributed by atoms with Crippen LogP contribution in [-0.4, -0.2) is 33.5 Å². The molecule has 21 heavy (non-hydrogen) atoms. The van der Waals surface area contributed by atoms with Crippen molar-refractivity contribution >= 4 is 28.5 Å². The summed E-state index contributed by atoms with van der Waals surface area (Å²) in [4.78, 5) is 13.4. The van der Waals surface area contributed by atoms with E-state index in [0.29, 0.717) is 0 Å². The zero-order valence-corrected chi connectivity index (χ0v) is 12.6. The minimum atomic E-state index is 0.725. The number of fused-ring (bicyclic) bond motifs is 1. The van der Waals surface area contributed by atoms with Crippen LogP contribution in [0.3, 0.4) is 0 Å². The Balaban J connectivity index is 2.06. The molecule has 3 rings (SSSR count). The maximum Gasteiger partial charge on any atom is 0.162 e. The summed E-state index contributed by atoms with van der Waals surface area (Å²) in [5.41, 5.74) is 1.93. The monoisotopic (exact) mass is 296 g/mol. The lowest BCUT2D eigenvalue weighted by Crippen LogP contribution is -2.07. The van der Waals surface area contributed by atoms with Gasteiger partial charge in [0, 0.05) is 35.6 Å². The molecule has 3 aromatic rings. The first-order valence-corrected chi connectivity index (χ1v) is 8.18. The summed E-state index contributed by atoms with van der Waals surface area (Å²) in [6.07, 6.45) is 5.62. The Labute approximate surface area is 128 Å². The second-order valence-electron chi connectivity index (χ2n) is 4.57. The van der Waals surface area contributed by atoms with Gasteiger partial charge in [0.25, 0.3) is 0 Å². The molecule has 0 bridgehead atoms. The van der Waals surface area contributed by atoms with Gasteiger partial charge in [0.1, 0.15) is 5.82 Å². The predicted molar refractivity (Wildman–Crippen MR) is 89.6 cm³/mol. The van der Waals surface area contributed by atoms with Crippen LogP contribution >= 0.6 is 11.8 Å². The lowest BCUT2D eigenvalue weighted by molar-refractivity contribution is 1.15. The molecule has 0 unspecified atom stereocenters. The van der Waals surface area contributed by atoms with Crippen molar-refractivity contribution in [1.82, 2.24) is 15.0 Å². The van der Waals surface area contributed by atoms with E-state index in [0.717, 1.165) is 40.4 Å². The predicted octanol–water partition coefficient (Wildman–Crippen LogP) is 3.47. The average Bonchev–Trinajstić information content (AvgIpc) is 2.55. The molecule has 0 amide bonds. The van der Waals surface area contributed by atoms with Crippen molar-refractivity contribution in [2.75, 3.05) is 23.9 Å². The maximum atomic E-state index is 4.68. The van der Waals surface area contributed by atoms with Crippen molar-refractivity contribution in [2.45, 2.75) is 0 Å². The minimum absolute atomic E-state index is 0.725. The summed E-state index contributed by atoms with van der Waals surface area (Å²) in [6, 6.07) is 11.9. The van der Waals surface area contributed by atoms with Crippen molar-refractivity contribution in [2.24, 2.45) is 0 Å². The standard InChI is InChI=1S/C16H16N4S/c1-21-11-10-18-16-13-4-2-3-5-14(13)19-15(20-16)12-6-8-17-9-7-12/h2-9H,10-11H2,1H3,(H,18,19,20). The highest BCUT2D eigenvalue weighted by atomic mass is 32.2. The van der Waals surface area contributed by atoms with Crippen LogP contribution in [-0.2, 0) is 0 Å². The first-order chi connectivity index (χ1) is 10.4. The average molecular weight is 296 g/mol. The summed E-state index contributed by atoms with van der Waals surface area (Å²) in [5, 5.41) is 4.46. The summed E-state index contributed by atoms with van der Waals surface area (Å²) in [5.74, 6) is 2.66. The number of hydrogen-bond donors (Lipinski definition) is 1. The van der Waals surface area contributed by atoms with Gasteiger partial charge >= 0.3 is 0 Å². The number of anilines is 1. The van der Waals surface area contributed by atoms with Gasteiger partial charge in [-0.1, -0.05) is 12.1 Å². The zero-order valence-electron chi connectivity index (χ0n) is 11.8. The third kappa shape index (κ3) is 3.13. The zero-order chi connectivity index (χ0) is 14.5. The molecule has 1 N–H and O–H groups in total. The molecule has 2 heterocycles. The Hall–Kier alpha value is -2.14. The molecule has 0 aliphatic carbocycles. The number of aromatic nitrogens is 3. The molecule has 0 spiro atoms. The smallest absolute Gasteiger partial charge is 0.162 e. The Kier molecular flexibility index (Phi) is 4.31. The molecular formula is C16H16N4S. The van der Waals surface area contributed by atoms with E-state index in [2.05, 4.69) is 26.5 Å². The van der Waals surface area contributed by atoms with E-state index < -0.39 is 0 Å². The molecule has 4 nitrogen and oxygen atoms in total. The number of pyridine rings is 1. The third-order valence-corrected chi connectivity index (χ3v) is 3.75. The molecule has 0 fully saturated rings. The van der Waals surface area contributed by atoms with E-state index in [9.17, 15) is 0 Å². The van der Waals surface area contributed by atoms with Crippen molar-refractivity contribution in [3.8, 4) is 11.4 Å². The molecule has 0 saturated heterocycles. The first-order valence-electron chi connectivity index (χ1n) is 6.78. The fourth-order valence-corrected chi connectivity index (χ4v) is 2.42. The van der Waals surface area contributed by atoms with Crippen LogP contribution in [0.15, 0.2) is 48.8 Å². The van der Waals surface area contributed by atoms with Gasteiger partial charge < -0.3 is 5.32 Å². The molecule has 0 saturated carbocycles. The lowest BCUT2D eigenvalue weighted by atomic mass is 10.2. The number of nitrogens with zero attached hydrogens (tertiary/aromatic N) is 3. The second kappa shape index (κ2) is 6.54. The van der Waals surface area contributed by atoms with Gasteiger partial charge in [0.05, 0.1) is 5.52 Å². The topological polar surface area (TPSA) is 50.7 Å². The fraction of sp³-hybridized carbons (Fsp3) is 0.188. The Morgan fingerprint density at radius 3 is 2.67 bits per heavy atom. The van der Waals surface area contributed by atoms with Crippen molar-refractivity contribution in [1.29, 1.82) is 0 Å². The van der Waals surface area contributed by atoms with Crippen LogP contribution in [0.1, 0.15) is 0 Å². The van der Waals surface area contributed by atoms with Gasteiger partial charge in [-0.15, -0.1) is 0 Å². The quantitative estimate of drug-likeness (QED) is 0.731. The van der Waals surface area contributed by atoms with Crippen molar-refractivity contribution in [3.63, 3.8) is 0 Å². The molecule has 0 aliphatic rings. The number of para-hydroxylation sites is 1. The highest BCUT2D eigenvalue weighted by Crippen LogP contribution is 2.24. The van der Waals surface area contributed by atoms with E-state index in [1.807, 2.05) is 48.2 Å². The van der Waals surface area contributed by atoms with Gasteiger partial charge in [0.2, 0.25) is 0 Å². The third-order valence-electron chi connectivity index (χ3n) is 3.14. The van der Waals surface area contributed by atoms with Gasteiger partial charge in [-0.05, 0) is 30.5 Å². The van der Waals surface area contributed by atoms with Crippen LogP contribution in [0.2, 0.25) is 0 Å².